The van der Waals surface area contributed by atoms with E-state index in [1.165, 1.54) is 44.3 Å². The number of fused-ring (bicyclic) bond motifs is 2. The molecule has 47 heavy (non-hydrogen) atoms. The maximum atomic E-state index is 15.1. The number of benzene rings is 2. The van der Waals surface area contributed by atoms with Crippen LogP contribution in [0.15, 0.2) is 69.7 Å². The Morgan fingerprint density at radius 3 is 2.40 bits per heavy atom. The molecule has 2 aliphatic heterocycles. The predicted molar refractivity (Wildman–Crippen MR) is 169 cm³/mol. The molecule has 240 valence electrons. The Balaban J connectivity index is 1.44. The number of carbonyl (C=O) groups excluding carboxylic acids is 2. The van der Waals surface area contributed by atoms with Crippen molar-refractivity contribution >= 4 is 29.0 Å². The lowest BCUT2D eigenvalue weighted by Gasteiger charge is -2.42. The molecule has 0 amide bonds. The van der Waals surface area contributed by atoms with E-state index in [0.717, 1.165) is 4.57 Å². The number of halogens is 1. The summed E-state index contributed by atoms with van der Waals surface area (Å²) in [7, 11) is 5.71. The summed E-state index contributed by atoms with van der Waals surface area (Å²) in [5, 5.41) is 3.23. The van der Waals surface area contributed by atoms with E-state index in [-0.39, 0.29) is 57.2 Å². The summed E-state index contributed by atoms with van der Waals surface area (Å²) in [5.41, 5.74) is -1.93. The molecule has 0 unspecified atom stereocenters. The lowest BCUT2D eigenvalue weighted by atomic mass is 9.66. The molecular weight excluding hydrogens is 630 g/mol. The summed E-state index contributed by atoms with van der Waals surface area (Å²) in [6.07, 6.45) is 3.22. The molecule has 0 radical (unpaired) electrons. The first-order valence-corrected chi connectivity index (χ1v) is 15.0. The van der Waals surface area contributed by atoms with Crippen molar-refractivity contribution in [2.45, 2.75) is 24.9 Å². The third kappa shape index (κ3) is 4.22. The fraction of sp³-hybridized carbons (Fsp3) is 0.273. The molecule has 4 aromatic rings. The average molecular weight is 658 g/mol. The third-order valence-electron chi connectivity index (χ3n) is 9.02. The van der Waals surface area contributed by atoms with Crippen LogP contribution in [0.4, 0.5) is 5.82 Å². The summed E-state index contributed by atoms with van der Waals surface area (Å²) >= 11 is 6.64. The monoisotopic (exact) mass is 657 g/mol. The third-order valence-corrected chi connectivity index (χ3v) is 9.38. The van der Waals surface area contributed by atoms with E-state index in [0.29, 0.717) is 17.0 Å². The number of nitrogens with one attached hydrogen (secondary N) is 1. The van der Waals surface area contributed by atoms with Crippen LogP contribution in [0.25, 0.3) is 0 Å². The van der Waals surface area contributed by atoms with Crippen molar-refractivity contribution in [2.75, 3.05) is 19.5 Å². The molecule has 1 aliphatic carbocycles. The molecule has 2 aromatic carbocycles. The topological polar surface area (TPSA) is 153 Å². The number of ether oxygens (including phenoxy) is 4. The van der Waals surface area contributed by atoms with Gasteiger partial charge >= 0.3 is 11.7 Å². The van der Waals surface area contributed by atoms with Gasteiger partial charge in [0, 0.05) is 55.7 Å². The Kier molecular flexibility index (Phi) is 6.97. The molecule has 13 nitrogen and oxygen atoms in total. The highest BCUT2D eigenvalue weighted by atomic mass is 35.5. The number of hydrogen-bond acceptors (Lipinski definition) is 11. The zero-order chi connectivity index (χ0) is 33.4. The smallest absolute Gasteiger partial charge is 0.332 e. The van der Waals surface area contributed by atoms with E-state index in [1.807, 2.05) is 0 Å². The van der Waals surface area contributed by atoms with Crippen LogP contribution in [-0.4, -0.2) is 50.5 Å². The summed E-state index contributed by atoms with van der Waals surface area (Å²) in [5.74, 6) is -2.09. The second-order valence-corrected chi connectivity index (χ2v) is 11.9. The van der Waals surface area contributed by atoms with Crippen LogP contribution >= 0.6 is 11.6 Å². The molecule has 0 saturated heterocycles. The Hall–Kier alpha value is -5.43. The van der Waals surface area contributed by atoms with Gasteiger partial charge in [-0.1, -0.05) is 30.7 Å². The Morgan fingerprint density at radius 1 is 0.979 bits per heavy atom. The lowest BCUT2D eigenvalue weighted by Crippen LogP contribution is -2.58. The fourth-order valence-corrected chi connectivity index (χ4v) is 6.99. The van der Waals surface area contributed by atoms with E-state index in [9.17, 15) is 14.4 Å². The highest BCUT2D eigenvalue weighted by molar-refractivity contribution is 6.36. The zero-order valence-electron chi connectivity index (χ0n) is 25.9. The normalized spacial score (nSPS) is 21.1. The quantitative estimate of drug-likeness (QED) is 0.312. The molecule has 0 saturated carbocycles. The van der Waals surface area contributed by atoms with E-state index < -0.39 is 40.3 Å². The van der Waals surface area contributed by atoms with Gasteiger partial charge in [0.15, 0.2) is 5.75 Å². The highest BCUT2D eigenvalue weighted by Gasteiger charge is 2.63. The van der Waals surface area contributed by atoms with Crippen LogP contribution in [0, 0.1) is 5.92 Å². The van der Waals surface area contributed by atoms with Crippen molar-refractivity contribution in [3.63, 3.8) is 0 Å². The molecule has 14 heteroatoms. The predicted octanol–water partition coefficient (Wildman–Crippen LogP) is 3.77. The SMILES string of the molecule is COc1cc(OC)c2c(c1Cl)O[C@@]1(C(=O)C3=C(C[C@H]1C)Nc1c(c(=O)n(C)c(=O)n1C)[C@H]3c1cccc(Oc3ncccn3)c1)C2=O. The lowest BCUT2D eigenvalue weighted by molar-refractivity contribution is -0.130. The van der Waals surface area contributed by atoms with E-state index in [4.69, 9.17) is 30.5 Å². The minimum Gasteiger partial charge on any atom is -0.496 e. The average Bonchev–Trinajstić information content (AvgIpc) is 3.39. The van der Waals surface area contributed by atoms with E-state index in [1.54, 1.807) is 44.3 Å². The molecule has 4 heterocycles. The first-order valence-electron chi connectivity index (χ1n) is 14.6. The summed E-state index contributed by atoms with van der Waals surface area (Å²) in [4.78, 5) is 64.7. The van der Waals surface area contributed by atoms with Crippen molar-refractivity contribution in [1.82, 2.24) is 19.1 Å². The zero-order valence-corrected chi connectivity index (χ0v) is 26.7. The van der Waals surface area contributed by atoms with Gasteiger partial charge in [-0.15, -0.1) is 0 Å². The van der Waals surface area contributed by atoms with Gasteiger partial charge in [0.2, 0.25) is 17.2 Å². The second kappa shape index (κ2) is 10.8. The van der Waals surface area contributed by atoms with Crippen molar-refractivity contribution in [3.8, 4) is 29.0 Å². The Morgan fingerprint density at radius 2 is 1.70 bits per heavy atom. The summed E-state index contributed by atoms with van der Waals surface area (Å²) in [6.45, 7) is 1.73. The maximum absolute atomic E-state index is 15.1. The highest BCUT2D eigenvalue weighted by Crippen LogP contribution is 2.56. The molecule has 0 bridgehead atoms. The maximum Gasteiger partial charge on any atom is 0.332 e. The molecule has 3 atom stereocenters. The van der Waals surface area contributed by atoms with Crippen LogP contribution in [-0.2, 0) is 18.9 Å². The van der Waals surface area contributed by atoms with Crippen LogP contribution in [0.5, 0.6) is 29.0 Å². The van der Waals surface area contributed by atoms with Crippen LogP contribution in [0.1, 0.15) is 40.7 Å². The van der Waals surface area contributed by atoms with E-state index >= 15 is 4.79 Å². The first kappa shape index (κ1) is 30.2. The number of rotatable bonds is 5. The van der Waals surface area contributed by atoms with Crippen molar-refractivity contribution in [2.24, 2.45) is 20.0 Å². The molecule has 1 N–H and O–H groups in total. The molecule has 3 aliphatic rings. The number of hydrogen-bond donors (Lipinski definition) is 1. The van der Waals surface area contributed by atoms with Gasteiger partial charge in [-0.05, 0) is 30.2 Å². The number of nitrogens with zero attached hydrogens (tertiary/aromatic N) is 4. The van der Waals surface area contributed by atoms with Gasteiger partial charge in [-0.3, -0.25) is 23.5 Å². The second-order valence-electron chi connectivity index (χ2n) is 11.5. The van der Waals surface area contributed by atoms with Gasteiger partial charge in [0.05, 0.1) is 19.8 Å². The number of methoxy groups -OCH3 is 2. The van der Waals surface area contributed by atoms with Crippen LogP contribution in [0.3, 0.4) is 0 Å². The number of carbonyl (C=O) groups is 2. The van der Waals surface area contributed by atoms with Gasteiger partial charge in [-0.25, -0.2) is 14.8 Å². The molecule has 7 rings (SSSR count). The van der Waals surface area contributed by atoms with Crippen molar-refractivity contribution < 1.29 is 28.5 Å². The van der Waals surface area contributed by atoms with Gasteiger partial charge in [0.25, 0.3) is 5.56 Å². The van der Waals surface area contributed by atoms with Crippen LogP contribution < -0.4 is 35.5 Å². The number of ketones is 2. The minimum atomic E-state index is -2.03. The van der Waals surface area contributed by atoms with Crippen molar-refractivity contribution in [3.05, 3.63) is 103 Å². The molecule has 2 aromatic heterocycles. The first-order chi connectivity index (χ1) is 22.5. The number of aromatic nitrogens is 4. The van der Waals surface area contributed by atoms with Crippen LogP contribution in [0.2, 0.25) is 5.02 Å². The molecule has 1 spiro atoms. The number of anilines is 1. The van der Waals surface area contributed by atoms with Gasteiger partial charge < -0.3 is 24.3 Å². The van der Waals surface area contributed by atoms with Crippen molar-refractivity contribution in [1.29, 1.82) is 0 Å². The molecular formula is C33H28ClN5O8. The largest absolute Gasteiger partial charge is 0.496 e. The number of allylic oxidation sites excluding steroid dienone is 1. The number of Topliss-reactive ketones (excluding diaryl/α,β-unsaturated/α-hetero) is 2. The minimum absolute atomic E-state index is 0.0191. The van der Waals surface area contributed by atoms with Gasteiger partial charge in [0.1, 0.15) is 33.7 Å². The summed E-state index contributed by atoms with van der Waals surface area (Å²) < 4.78 is 25.5. The van der Waals surface area contributed by atoms with E-state index in [2.05, 4.69) is 15.3 Å². The molecule has 0 fully saturated rings. The summed E-state index contributed by atoms with van der Waals surface area (Å²) in [6, 6.07) is 10.0. The Bertz CT molecular complexity index is 2180. The fourth-order valence-electron chi connectivity index (χ4n) is 6.72. The Labute approximate surface area is 272 Å². The van der Waals surface area contributed by atoms with Gasteiger partial charge in [-0.2, -0.15) is 0 Å². The standard InChI is InChI=1S/C33H28ClN5O8/c1-15-12-18-22(27(40)33(15)28(41)23-19(44-4)14-20(45-5)25(34)26(23)47-33)21(24-29(37-18)38(2)32(43)39(3)30(24)42)16-8-6-9-17(13-16)46-31-35-10-7-11-36-31/h6-11,13-15,21,37H,12H2,1-5H3/t15-,21+,33+/m1/s1.